The lowest BCUT2D eigenvalue weighted by atomic mass is 10.1. The molecule has 0 aliphatic rings. The summed E-state index contributed by atoms with van der Waals surface area (Å²) >= 11 is 0. The highest BCUT2D eigenvalue weighted by molar-refractivity contribution is 5.90. The molecule has 0 atom stereocenters. The van der Waals surface area contributed by atoms with Crippen LogP contribution < -0.4 is 0 Å². The molecule has 1 N–H and O–H groups in total. The lowest BCUT2D eigenvalue weighted by molar-refractivity contribution is 0.0600. The molecule has 4 nitrogen and oxygen atoms in total. The van der Waals surface area contributed by atoms with Crippen LogP contribution in [-0.2, 0) is 4.74 Å². The Balaban J connectivity index is 2.41. The van der Waals surface area contributed by atoms with E-state index in [-0.39, 0.29) is 16.9 Å². The van der Waals surface area contributed by atoms with Crippen molar-refractivity contribution in [3.05, 3.63) is 47.9 Å². The highest BCUT2D eigenvalue weighted by Crippen LogP contribution is 2.23. The number of aromatic nitrogens is 1. The molecule has 0 aliphatic heterocycles. The van der Waals surface area contributed by atoms with Crippen molar-refractivity contribution < 1.29 is 19.0 Å². The Morgan fingerprint density at radius 1 is 1.33 bits per heavy atom. The molecule has 1 aromatic carbocycles. The van der Waals surface area contributed by atoms with Gasteiger partial charge >= 0.3 is 5.97 Å². The van der Waals surface area contributed by atoms with Crippen LogP contribution in [0.1, 0.15) is 10.4 Å². The van der Waals surface area contributed by atoms with Gasteiger partial charge in [-0.15, -0.1) is 0 Å². The van der Waals surface area contributed by atoms with Gasteiger partial charge in [0.25, 0.3) is 0 Å². The maximum Gasteiger partial charge on any atom is 0.337 e. The second-order valence-electron chi connectivity index (χ2n) is 3.59. The molecule has 0 saturated heterocycles. The van der Waals surface area contributed by atoms with E-state index >= 15 is 0 Å². The van der Waals surface area contributed by atoms with Crippen LogP contribution in [0.5, 0.6) is 5.75 Å². The van der Waals surface area contributed by atoms with Crippen molar-refractivity contribution >= 4 is 5.97 Å². The fourth-order valence-electron chi connectivity index (χ4n) is 1.51. The van der Waals surface area contributed by atoms with E-state index in [2.05, 4.69) is 9.72 Å². The molecule has 2 rings (SSSR count). The monoisotopic (exact) mass is 247 g/mol. The Morgan fingerprint density at radius 3 is 2.67 bits per heavy atom. The minimum Gasteiger partial charge on any atom is -0.506 e. The van der Waals surface area contributed by atoms with Crippen molar-refractivity contribution in [2.45, 2.75) is 0 Å². The number of ether oxygens (including phenoxy) is 1. The van der Waals surface area contributed by atoms with Crippen molar-refractivity contribution in [2.24, 2.45) is 0 Å². The summed E-state index contributed by atoms with van der Waals surface area (Å²) in [7, 11) is 1.23. The summed E-state index contributed by atoms with van der Waals surface area (Å²) in [5.41, 5.74) is 0.766. The third-order valence-electron chi connectivity index (χ3n) is 2.41. The van der Waals surface area contributed by atoms with Crippen LogP contribution in [0.3, 0.4) is 0 Å². The normalized spacial score (nSPS) is 10.1. The van der Waals surface area contributed by atoms with E-state index in [9.17, 15) is 9.18 Å². The van der Waals surface area contributed by atoms with Crippen LogP contribution >= 0.6 is 0 Å². The quantitative estimate of drug-likeness (QED) is 0.828. The highest BCUT2D eigenvalue weighted by atomic mass is 19.1. The predicted molar refractivity (Wildman–Crippen MR) is 62.6 cm³/mol. The first-order valence-electron chi connectivity index (χ1n) is 5.15. The Labute approximate surface area is 103 Å². The zero-order valence-corrected chi connectivity index (χ0v) is 9.55. The van der Waals surface area contributed by atoms with Crippen LogP contribution in [0.4, 0.5) is 4.39 Å². The first-order valence-corrected chi connectivity index (χ1v) is 5.15. The highest BCUT2D eigenvalue weighted by Gasteiger charge is 2.11. The van der Waals surface area contributed by atoms with Crippen LogP contribution in [0.2, 0.25) is 0 Å². The number of halogens is 1. The first-order chi connectivity index (χ1) is 8.61. The molecule has 0 spiro atoms. The Kier molecular flexibility index (Phi) is 3.23. The molecular weight excluding hydrogens is 237 g/mol. The smallest absolute Gasteiger partial charge is 0.337 e. The molecule has 0 aliphatic carbocycles. The van der Waals surface area contributed by atoms with Crippen molar-refractivity contribution in [3.63, 3.8) is 0 Å². The Bertz CT molecular complexity index is 581. The fourth-order valence-corrected chi connectivity index (χ4v) is 1.51. The van der Waals surface area contributed by atoms with Crippen molar-refractivity contribution in [1.29, 1.82) is 0 Å². The second-order valence-corrected chi connectivity index (χ2v) is 3.59. The summed E-state index contributed by atoms with van der Waals surface area (Å²) in [5.74, 6) is -1.17. The van der Waals surface area contributed by atoms with Crippen molar-refractivity contribution in [2.75, 3.05) is 7.11 Å². The lowest BCUT2D eigenvalue weighted by Crippen LogP contribution is -2.02. The zero-order valence-electron chi connectivity index (χ0n) is 9.55. The summed E-state index contributed by atoms with van der Waals surface area (Å²) in [6, 6.07) is 6.90. The molecule has 1 aromatic heterocycles. The molecule has 1 heterocycles. The summed E-state index contributed by atoms with van der Waals surface area (Å²) < 4.78 is 18.3. The predicted octanol–water partition coefficient (Wildman–Crippen LogP) is 2.38. The number of carbonyl (C=O) groups is 1. The van der Waals surface area contributed by atoms with Crippen molar-refractivity contribution in [1.82, 2.24) is 4.98 Å². The number of esters is 1. The number of hydrogen-bond acceptors (Lipinski definition) is 4. The van der Waals surface area contributed by atoms with Crippen LogP contribution in [0.15, 0.2) is 36.5 Å². The van der Waals surface area contributed by atoms with Crippen molar-refractivity contribution in [3.8, 4) is 17.0 Å². The molecule has 0 saturated carbocycles. The van der Waals surface area contributed by atoms with Gasteiger partial charge in [0, 0.05) is 5.56 Å². The number of hydrogen-bond donors (Lipinski definition) is 1. The maximum absolute atomic E-state index is 13.8. The number of rotatable bonds is 2. The van der Waals surface area contributed by atoms with Crippen LogP contribution in [0, 0.1) is 5.82 Å². The molecule has 5 heteroatoms. The molecule has 0 unspecified atom stereocenters. The van der Waals surface area contributed by atoms with Gasteiger partial charge < -0.3 is 9.84 Å². The van der Waals surface area contributed by atoms with E-state index < -0.39 is 11.8 Å². The van der Waals surface area contributed by atoms with Crippen LogP contribution in [-0.4, -0.2) is 23.2 Å². The Morgan fingerprint density at radius 2 is 2.11 bits per heavy atom. The summed E-state index contributed by atoms with van der Waals surface area (Å²) in [4.78, 5) is 15.1. The maximum atomic E-state index is 13.8. The van der Waals surface area contributed by atoms with E-state index in [1.807, 2.05) is 0 Å². The SMILES string of the molecule is COC(=O)c1ccc(-c2ccc(O)cn2)c(F)c1. The number of aromatic hydroxyl groups is 1. The van der Waals surface area contributed by atoms with Crippen LogP contribution in [0.25, 0.3) is 11.3 Å². The standard InChI is InChI=1S/C13H10FNO3/c1-18-13(17)8-2-4-10(11(14)6-8)12-5-3-9(16)7-15-12/h2-7,16H,1H3. The summed E-state index contributed by atoms with van der Waals surface area (Å²) in [6.07, 6.45) is 1.23. The van der Waals surface area contributed by atoms with E-state index in [1.165, 1.54) is 37.6 Å². The number of pyridine rings is 1. The van der Waals surface area contributed by atoms with Gasteiger partial charge in [0.2, 0.25) is 0 Å². The summed E-state index contributed by atoms with van der Waals surface area (Å²) in [5, 5.41) is 9.10. The van der Waals surface area contributed by atoms with Gasteiger partial charge in [-0.1, -0.05) is 0 Å². The average Bonchev–Trinajstić information content (AvgIpc) is 2.39. The van der Waals surface area contributed by atoms with E-state index in [1.54, 1.807) is 0 Å². The number of nitrogens with zero attached hydrogens (tertiary/aromatic N) is 1. The fraction of sp³-hybridized carbons (Fsp3) is 0.0769. The lowest BCUT2D eigenvalue weighted by Gasteiger charge is -2.05. The third-order valence-corrected chi connectivity index (χ3v) is 2.41. The summed E-state index contributed by atoms with van der Waals surface area (Å²) in [6.45, 7) is 0. The van der Waals surface area contributed by atoms with Gasteiger partial charge in [-0.3, -0.25) is 4.98 Å². The number of methoxy groups -OCH3 is 1. The van der Waals surface area contributed by atoms with Gasteiger partial charge in [0.05, 0.1) is 24.6 Å². The van der Waals surface area contributed by atoms with Gasteiger partial charge in [-0.05, 0) is 30.3 Å². The zero-order chi connectivity index (χ0) is 13.1. The second kappa shape index (κ2) is 4.83. The number of benzene rings is 1. The van der Waals surface area contributed by atoms with Gasteiger partial charge in [-0.25, -0.2) is 9.18 Å². The topological polar surface area (TPSA) is 59.4 Å². The molecule has 0 radical (unpaired) electrons. The third kappa shape index (κ3) is 2.29. The molecular formula is C13H10FNO3. The minimum atomic E-state index is -0.598. The molecule has 0 bridgehead atoms. The van der Waals surface area contributed by atoms with Gasteiger partial charge in [-0.2, -0.15) is 0 Å². The molecule has 0 amide bonds. The minimum absolute atomic E-state index is 0.00494. The van der Waals surface area contributed by atoms with Gasteiger partial charge in [0.1, 0.15) is 11.6 Å². The molecule has 92 valence electrons. The first kappa shape index (κ1) is 12.0. The number of carbonyl (C=O) groups excluding carboxylic acids is 1. The molecule has 0 fully saturated rings. The van der Waals surface area contributed by atoms with E-state index in [0.29, 0.717) is 5.69 Å². The van der Waals surface area contributed by atoms with Gasteiger partial charge in [0.15, 0.2) is 0 Å². The molecule has 18 heavy (non-hydrogen) atoms. The average molecular weight is 247 g/mol. The molecule has 2 aromatic rings. The van der Waals surface area contributed by atoms with E-state index in [0.717, 1.165) is 6.07 Å². The van der Waals surface area contributed by atoms with E-state index in [4.69, 9.17) is 5.11 Å². The largest absolute Gasteiger partial charge is 0.506 e. The Hall–Kier alpha value is -2.43.